The number of ether oxygens (including phenoxy) is 9. The summed E-state index contributed by atoms with van der Waals surface area (Å²) < 4.78 is 50.0. The number of hydrogen-bond acceptors (Lipinski definition) is 15. The average molecular weight is 991 g/mol. The van der Waals surface area contributed by atoms with E-state index in [1.807, 2.05) is 45.0 Å². The molecule has 1 fully saturated rings. The maximum atomic E-state index is 13.8. The van der Waals surface area contributed by atoms with Crippen LogP contribution in [0.25, 0.3) is 0 Å². The first kappa shape index (κ1) is 56.3. The summed E-state index contributed by atoms with van der Waals surface area (Å²) >= 11 is 6.36. The van der Waals surface area contributed by atoms with Crippen LogP contribution < -0.4 is 20.7 Å². The van der Waals surface area contributed by atoms with Gasteiger partial charge in [-0.1, -0.05) is 68.8 Å². The highest BCUT2D eigenvalue weighted by Crippen LogP contribution is 2.45. The number of nitrogens with one attached hydrogen (secondary N) is 3. The predicted octanol–water partition coefficient (Wildman–Crippen LogP) is 4.89. The Balaban J connectivity index is 1.29. The maximum Gasteiger partial charge on any atom is 0.407 e. The molecule has 2 heterocycles. The molecule has 382 valence electrons. The van der Waals surface area contributed by atoms with Crippen LogP contribution in [0.2, 0.25) is 5.02 Å². The van der Waals surface area contributed by atoms with Gasteiger partial charge < -0.3 is 63.7 Å². The number of benzene rings is 2. The molecule has 19 nitrogen and oxygen atoms in total. The van der Waals surface area contributed by atoms with Gasteiger partial charge in [-0.25, -0.2) is 9.59 Å². The highest BCUT2D eigenvalue weighted by Gasteiger charge is 2.48. The van der Waals surface area contributed by atoms with Crippen LogP contribution in [0.1, 0.15) is 76.7 Å². The van der Waals surface area contributed by atoms with Crippen molar-refractivity contribution in [3.8, 4) is 5.75 Å². The van der Waals surface area contributed by atoms with E-state index >= 15 is 0 Å². The Morgan fingerprint density at radius 2 is 1.52 bits per heavy atom. The summed E-state index contributed by atoms with van der Waals surface area (Å²) in [5.74, 6) is -3.39. The number of amides is 3. The fraction of sp³-hybridized carbons (Fsp3) is 0.592. The van der Waals surface area contributed by atoms with E-state index in [9.17, 15) is 28.8 Å². The maximum absolute atomic E-state index is 13.8. The molecule has 1 saturated heterocycles. The number of epoxide rings is 1. The zero-order valence-corrected chi connectivity index (χ0v) is 41.0. The number of rotatable bonds is 25. The molecule has 4 N–H and O–H groups in total. The van der Waals surface area contributed by atoms with Gasteiger partial charge >= 0.3 is 24.0 Å². The zero-order valence-electron chi connectivity index (χ0n) is 40.3. The second-order valence-electron chi connectivity index (χ2n) is 17.7. The van der Waals surface area contributed by atoms with E-state index in [0.29, 0.717) is 56.0 Å². The third-order valence-electron chi connectivity index (χ3n) is 11.0. The van der Waals surface area contributed by atoms with Crippen molar-refractivity contribution in [3.63, 3.8) is 0 Å². The number of carboxylic acid groups (broad SMARTS) is 1. The molecule has 20 heteroatoms. The Morgan fingerprint density at radius 1 is 0.884 bits per heavy atom. The van der Waals surface area contributed by atoms with Gasteiger partial charge in [0.15, 0.2) is 6.10 Å². The molecule has 3 amide bonds. The van der Waals surface area contributed by atoms with Crippen molar-refractivity contribution in [2.45, 2.75) is 97.4 Å². The lowest BCUT2D eigenvalue weighted by molar-refractivity contribution is -0.179. The van der Waals surface area contributed by atoms with Gasteiger partial charge in [-0.05, 0) is 61.1 Å². The number of carboxylic acids is 1. The topological polar surface area (TPSA) is 245 Å². The normalized spacial score (nSPS) is 21.8. The molecule has 2 aromatic rings. The molecule has 0 radical (unpaired) electrons. The molecule has 6 atom stereocenters. The fourth-order valence-electron chi connectivity index (χ4n) is 6.97. The van der Waals surface area contributed by atoms with E-state index in [4.69, 9.17) is 59.3 Å². The Hall–Kier alpha value is -5.31. The highest BCUT2D eigenvalue weighted by atomic mass is 35.5. The standard InChI is InChI=1S/C49H68ClN3O16/c1-31(2)26-40-46(58)67-38(8-7-9-41(54)53-37(28-34-12-15-39(61-6)36(50)27-34)45(57)52-30-49(4,5)47(59)68-40)32(3)43-44(69-43)35-13-10-33(11-14-35)29-66-48(60)51-17-19-63-21-23-65-25-24-64-22-20-62-18-16-42(55)56/h7,9-15,27,31-32,37-38,40,43-44H,8,16-26,28-30H2,1-6H3,(H,51,60)(H,52,57)(H,53,54)(H,55,56)/b9-7+/t32-,37+,38-,40-,43-,44-/m0/s1. The molecular formula is C49H68ClN3O16. The Labute approximate surface area is 408 Å². The van der Waals surface area contributed by atoms with Crippen LogP contribution in [0.15, 0.2) is 54.6 Å². The molecule has 69 heavy (non-hydrogen) atoms. The SMILES string of the molecule is COc1ccc(C[C@H]2NC(=O)/C=C/C[C@@H]([C@H](C)[C@@H]3O[C@H]3c3ccc(COC(=O)NCCOCCOCCOCCOCCC(=O)O)cc3)OC(=O)[C@H](CC(C)C)OC(=O)C(C)(C)CNC2=O)cc1Cl. The molecule has 0 saturated carbocycles. The van der Waals surface area contributed by atoms with Crippen LogP contribution in [0.5, 0.6) is 5.75 Å². The van der Waals surface area contributed by atoms with E-state index in [1.54, 1.807) is 38.1 Å². The van der Waals surface area contributed by atoms with E-state index < -0.39 is 59.5 Å². The molecule has 0 aromatic heterocycles. The minimum atomic E-state index is -1.26. The Bertz CT molecular complexity index is 2010. The molecule has 0 aliphatic carbocycles. The van der Waals surface area contributed by atoms with Gasteiger partial charge in [0.2, 0.25) is 11.8 Å². The first-order valence-corrected chi connectivity index (χ1v) is 23.5. The van der Waals surface area contributed by atoms with Crippen molar-refractivity contribution in [3.05, 3.63) is 76.3 Å². The number of alkyl carbamates (subject to hydrolysis) is 1. The van der Waals surface area contributed by atoms with E-state index in [-0.39, 0.29) is 82.6 Å². The number of halogens is 1. The Morgan fingerprint density at radius 3 is 2.14 bits per heavy atom. The van der Waals surface area contributed by atoms with Crippen molar-refractivity contribution in [1.82, 2.24) is 16.0 Å². The number of esters is 2. The summed E-state index contributed by atoms with van der Waals surface area (Å²) in [7, 11) is 1.49. The van der Waals surface area contributed by atoms with Crippen LogP contribution in [-0.4, -0.2) is 138 Å². The molecule has 2 aliphatic heterocycles. The smallest absolute Gasteiger partial charge is 0.407 e. The minimum Gasteiger partial charge on any atom is -0.495 e. The van der Waals surface area contributed by atoms with E-state index in [1.165, 1.54) is 13.2 Å². The largest absolute Gasteiger partial charge is 0.495 e. The van der Waals surface area contributed by atoms with Crippen LogP contribution in [0.3, 0.4) is 0 Å². The summed E-state index contributed by atoms with van der Waals surface area (Å²) in [6.07, 6.45) is -0.0988. The number of carbonyl (C=O) groups is 6. The van der Waals surface area contributed by atoms with Crippen molar-refractivity contribution < 1.29 is 76.5 Å². The molecule has 0 unspecified atom stereocenters. The van der Waals surface area contributed by atoms with Gasteiger partial charge in [-0.3, -0.25) is 19.2 Å². The lowest BCUT2D eigenvalue weighted by Gasteiger charge is -2.29. The van der Waals surface area contributed by atoms with Gasteiger partial charge in [0, 0.05) is 31.8 Å². The van der Waals surface area contributed by atoms with Crippen molar-refractivity contribution >= 4 is 47.4 Å². The third-order valence-corrected chi connectivity index (χ3v) is 11.3. The average Bonchev–Trinajstić information content (AvgIpc) is 4.11. The Kier molecular flexibility index (Phi) is 23.7. The predicted molar refractivity (Wildman–Crippen MR) is 250 cm³/mol. The number of hydrogen-bond donors (Lipinski definition) is 4. The molecular weight excluding hydrogens is 922 g/mol. The van der Waals surface area contributed by atoms with Crippen LogP contribution in [0, 0.1) is 17.3 Å². The monoisotopic (exact) mass is 989 g/mol. The van der Waals surface area contributed by atoms with Crippen LogP contribution >= 0.6 is 11.6 Å². The van der Waals surface area contributed by atoms with Gasteiger partial charge in [-0.15, -0.1) is 0 Å². The number of cyclic esters (lactones) is 2. The zero-order chi connectivity index (χ0) is 50.3. The van der Waals surface area contributed by atoms with Crippen LogP contribution in [0.4, 0.5) is 4.79 Å². The van der Waals surface area contributed by atoms with Crippen LogP contribution in [-0.2, 0) is 74.9 Å². The first-order chi connectivity index (χ1) is 33.0. The fourth-order valence-corrected chi connectivity index (χ4v) is 7.25. The van der Waals surface area contributed by atoms with Gasteiger partial charge in [0.1, 0.15) is 30.6 Å². The summed E-state index contributed by atoms with van der Waals surface area (Å²) in [5, 5.41) is 17.1. The van der Waals surface area contributed by atoms with Crippen molar-refractivity contribution in [2.75, 3.05) is 73.1 Å². The lowest BCUT2D eigenvalue weighted by Crippen LogP contribution is -2.51. The van der Waals surface area contributed by atoms with E-state index in [0.717, 1.165) is 11.1 Å². The summed E-state index contributed by atoms with van der Waals surface area (Å²) in [6, 6.07) is 11.4. The van der Waals surface area contributed by atoms with Crippen molar-refractivity contribution in [1.29, 1.82) is 0 Å². The molecule has 4 rings (SSSR count). The molecule has 2 aliphatic rings. The number of aliphatic carboxylic acids is 1. The number of carbonyl (C=O) groups excluding carboxylic acids is 5. The molecule has 0 spiro atoms. The van der Waals surface area contributed by atoms with Crippen molar-refractivity contribution in [2.24, 2.45) is 17.3 Å². The van der Waals surface area contributed by atoms with E-state index in [2.05, 4.69) is 16.0 Å². The summed E-state index contributed by atoms with van der Waals surface area (Å²) in [4.78, 5) is 77.1. The first-order valence-electron chi connectivity index (χ1n) is 23.1. The summed E-state index contributed by atoms with van der Waals surface area (Å²) in [6.45, 7) is 11.5. The minimum absolute atomic E-state index is 0.0290. The van der Waals surface area contributed by atoms with Gasteiger partial charge in [0.05, 0.1) is 82.9 Å². The van der Waals surface area contributed by atoms with Gasteiger partial charge in [0.25, 0.3) is 0 Å². The quantitative estimate of drug-likeness (QED) is 0.0448. The highest BCUT2D eigenvalue weighted by molar-refractivity contribution is 6.32. The molecule has 2 aromatic carbocycles. The second kappa shape index (κ2) is 29.0. The summed E-state index contributed by atoms with van der Waals surface area (Å²) in [5.41, 5.74) is 1.02. The third kappa shape index (κ3) is 20.3. The number of methoxy groups -OCH3 is 1. The lowest BCUT2D eigenvalue weighted by atomic mass is 9.92. The second-order valence-corrected chi connectivity index (χ2v) is 18.1. The molecule has 0 bridgehead atoms. The van der Waals surface area contributed by atoms with Gasteiger partial charge in [-0.2, -0.15) is 0 Å².